The largest absolute Gasteiger partial charge is 0.368 e. The fraction of sp³-hybridized carbons (Fsp3) is 0.435. The van der Waals surface area contributed by atoms with Gasteiger partial charge in [0.05, 0.1) is 12.9 Å². The summed E-state index contributed by atoms with van der Waals surface area (Å²) in [6, 6.07) is 10.9. The van der Waals surface area contributed by atoms with Crippen molar-refractivity contribution in [2.75, 3.05) is 50.7 Å². The lowest BCUT2D eigenvalue weighted by molar-refractivity contribution is -0.133. The highest BCUT2D eigenvalue weighted by atomic mass is 19.1. The predicted molar refractivity (Wildman–Crippen MR) is 117 cm³/mol. The number of likely N-dealkylation sites (tertiary alicyclic amines) is 1. The molecule has 4 heterocycles. The highest BCUT2D eigenvalue weighted by Crippen LogP contribution is 2.25. The van der Waals surface area contributed by atoms with Crippen molar-refractivity contribution in [3.63, 3.8) is 0 Å². The predicted octanol–water partition coefficient (Wildman–Crippen LogP) is 2.56. The summed E-state index contributed by atoms with van der Waals surface area (Å²) in [5.41, 5.74) is 2.88. The summed E-state index contributed by atoms with van der Waals surface area (Å²) in [4.78, 5) is 28.2. The minimum atomic E-state index is -0.223. The van der Waals surface area contributed by atoms with Gasteiger partial charge in [0.1, 0.15) is 11.3 Å². The highest BCUT2D eigenvalue weighted by molar-refractivity contribution is 5.78. The molecule has 2 aromatic heterocycles. The number of imidazole rings is 1. The van der Waals surface area contributed by atoms with Crippen molar-refractivity contribution in [3.05, 3.63) is 54.7 Å². The van der Waals surface area contributed by atoms with Gasteiger partial charge < -0.3 is 14.4 Å². The van der Waals surface area contributed by atoms with E-state index < -0.39 is 0 Å². The lowest BCUT2D eigenvalue weighted by Gasteiger charge is -2.38. The quantitative estimate of drug-likeness (QED) is 0.647. The summed E-state index contributed by atoms with van der Waals surface area (Å²) < 4.78 is 15.3. The molecular weight excluding hydrogens is 395 g/mol. The number of rotatable bonds is 4. The number of anilines is 1. The number of piperidine rings is 1. The maximum atomic E-state index is 13.1. The van der Waals surface area contributed by atoms with Gasteiger partial charge in [-0.25, -0.2) is 14.4 Å². The van der Waals surface area contributed by atoms with Gasteiger partial charge in [-0.2, -0.15) is 0 Å². The number of hydrogen-bond donors (Lipinski definition) is 0. The zero-order chi connectivity index (χ0) is 21.2. The first kappa shape index (κ1) is 19.9. The molecule has 5 rings (SSSR count). The highest BCUT2D eigenvalue weighted by Gasteiger charge is 2.26. The van der Waals surface area contributed by atoms with E-state index in [1.807, 2.05) is 29.6 Å². The number of fused-ring (bicyclic) bond motifs is 1. The van der Waals surface area contributed by atoms with Gasteiger partial charge in [-0.1, -0.05) is 0 Å². The molecule has 2 aliphatic rings. The standard InChI is InChI=1S/C23H27FN6O/c24-18-3-5-19(6-4-18)28-12-14-29(15-13-28)22(31)16-27-10-7-20(8-11-27)30-17-26-21-2-1-9-25-23(21)30/h1-6,9,17,20H,7-8,10-16H2. The van der Waals surface area contributed by atoms with E-state index in [1.165, 1.54) is 12.1 Å². The molecule has 8 heteroatoms. The number of halogens is 1. The minimum Gasteiger partial charge on any atom is -0.368 e. The smallest absolute Gasteiger partial charge is 0.236 e. The first-order valence-corrected chi connectivity index (χ1v) is 11.0. The third-order valence-electron chi connectivity index (χ3n) is 6.47. The third-order valence-corrected chi connectivity index (χ3v) is 6.47. The Morgan fingerprint density at radius 3 is 2.45 bits per heavy atom. The Bertz CT molecular complexity index is 1040. The van der Waals surface area contributed by atoms with Gasteiger partial charge in [-0.3, -0.25) is 9.69 Å². The number of piperazine rings is 1. The Hall–Kier alpha value is -3.00. The number of amides is 1. The van der Waals surface area contributed by atoms with Gasteiger partial charge in [0.2, 0.25) is 5.91 Å². The molecule has 2 fully saturated rings. The second-order valence-electron chi connectivity index (χ2n) is 8.35. The number of carbonyl (C=O) groups is 1. The molecule has 0 aliphatic carbocycles. The molecule has 3 aromatic rings. The Kier molecular flexibility index (Phi) is 5.55. The number of pyridine rings is 1. The number of nitrogens with zero attached hydrogens (tertiary/aromatic N) is 6. The number of benzene rings is 1. The van der Waals surface area contributed by atoms with E-state index >= 15 is 0 Å². The fourth-order valence-electron chi connectivity index (χ4n) is 4.65. The molecule has 0 N–H and O–H groups in total. The first-order chi connectivity index (χ1) is 15.2. The Morgan fingerprint density at radius 2 is 1.71 bits per heavy atom. The normalized spacial score (nSPS) is 18.6. The Labute approximate surface area is 181 Å². The molecular formula is C23H27FN6O. The van der Waals surface area contributed by atoms with Crippen LogP contribution in [0.3, 0.4) is 0 Å². The summed E-state index contributed by atoms with van der Waals surface area (Å²) in [5.74, 6) is -0.0224. The summed E-state index contributed by atoms with van der Waals surface area (Å²) in [5, 5.41) is 0. The summed E-state index contributed by atoms with van der Waals surface area (Å²) in [6.45, 7) is 5.25. The lowest BCUT2D eigenvalue weighted by Crippen LogP contribution is -2.52. The monoisotopic (exact) mass is 422 g/mol. The van der Waals surface area contributed by atoms with E-state index in [0.717, 1.165) is 55.9 Å². The summed E-state index contributed by atoms with van der Waals surface area (Å²) in [7, 11) is 0. The summed E-state index contributed by atoms with van der Waals surface area (Å²) >= 11 is 0. The zero-order valence-corrected chi connectivity index (χ0v) is 17.5. The van der Waals surface area contributed by atoms with Gasteiger partial charge >= 0.3 is 0 Å². The Morgan fingerprint density at radius 1 is 0.968 bits per heavy atom. The van der Waals surface area contributed by atoms with Crippen LogP contribution in [-0.4, -0.2) is 76.1 Å². The van der Waals surface area contributed by atoms with Crippen molar-refractivity contribution < 1.29 is 9.18 Å². The maximum absolute atomic E-state index is 13.1. The molecule has 0 bridgehead atoms. The van der Waals surface area contributed by atoms with E-state index in [0.29, 0.717) is 25.7 Å². The van der Waals surface area contributed by atoms with Crippen molar-refractivity contribution in [2.45, 2.75) is 18.9 Å². The van der Waals surface area contributed by atoms with E-state index in [4.69, 9.17) is 0 Å². The maximum Gasteiger partial charge on any atom is 0.236 e. The van der Waals surface area contributed by atoms with Gasteiger partial charge in [0, 0.05) is 57.2 Å². The van der Waals surface area contributed by atoms with Crippen molar-refractivity contribution in [1.82, 2.24) is 24.3 Å². The van der Waals surface area contributed by atoms with Crippen molar-refractivity contribution in [3.8, 4) is 0 Å². The summed E-state index contributed by atoms with van der Waals surface area (Å²) in [6.07, 6.45) is 5.69. The molecule has 162 valence electrons. The van der Waals surface area contributed by atoms with E-state index in [-0.39, 0.29) is 11.7 Å². The van der Waals surface area contributed by atoms with Crippen molar-refractivity contribution in [2.24, 2.45) is 0 Å². The molecule has 2 saturated heterocycles. The van der Waals surface area contributed by atoms with Crippen LogP contribution in [0.15, 0.2) is 48.9 Å². The molecule has 0 unspecified atom stereocenters. The zero-order valence-electron chi connectivity index (χ0n) is 17.5. The topological polar surface area (TPSA) is 57.5 Å². The molecule has 0 atom stereocenters. The van der Waals surface area contributed by atoms with Crippen LogP contribution in [0.4, 0.5) is 10.1 Å². The molecule has 0 radical (unpaired) electrons. The van der Waals surface area contributed by atoms with Crippen LogP contribution in [-0.2, 0) is 4.79 Å². The first-order valence-electron chi connectivity index (χ1n) is 11.0. The third kappa shape index (κ3) is 4.25. The van der Waals surface area contributed by atoms with Gasteiger partial charge in [0.25, 0.3) is 0 Å². The average molecular weight is 423 g/mol. The average Bonchev–Trinajstić information content (AvgIpc) is 3.24. The van der Waals surface area contributed by atoms with E-state index in [1.54, 1.807) is 12.1 Å². The van der Waals surface area contributed by atoms with E-state index in [2.05, 4.69) is 24.3 Å². The van der Waals surface area contributed by atoms with Crippen LogP contribution >= 0.6 is 0 Å². The molecule has 2 aliphatic heterocycles. The lowest BCUT2D eigenvalue weighted by atomic mass is 10.0. The molecule has 1 amide bonds. The van der Waals surface area contributed by atoms with Gasteiger partial charge in [-0.05, 0) is 49.2 Å². The molecule has 0 spiro atoms. The second-order valence-corrected chi connectivity index (χ2v) is 8.35. The van der Waals surface area contributed by atoms with Gasteiger partial charge in [-0.15, -0.1) is 0 Å². The van der Waals surface area contributed by atoms with Crippen LogP contribution < -0.4 is 4.90 Å². The number of hydrogen-bond acceptors (Lipinski definition) is 5. The number of aromatic nitrogens is 3. The van der Waals surface area contributed by atoms with Gasteiger partial charge in [0.15, 0.2) is 5.65 Å². The van der Waals surface area contributed by atoms with Crippen LogP contribution in [0.1, 0.15) is 18.9 Å². The molecule has 1 aromatic carbocycles. The van der Waals surface area contributed by atoms with Crippen molar-refractivity contribution in [1.29, 1.82) is 0 Å². The molecule has 31 heavy (non-hydrogen) atoms. The minimum absolute atomic E-state index is 0.201. The van der Waals surface area contributed by atoms with Crippen molar-refractivity contribution >= 4 is 22.8 Å². The molecule has 7 nitrogen and oxygen atoms in total. The Balaban J connectivity index is 1.11. The second kappa shape index (κ2) is 8.63. The van der Waals surface area contributed by atoms with Crippen LogP contribution in [0.5, 0.6) is 0 Å². The van der Waals surface area contributed by atoms with Crippen LogP contribution in [0, 0.1) is 5.82 Å². The molecule has 0 saturated carbocycles. The van der Waals surface area contributed by atoms with E-state index in [9.17, 15) is 9.18 Å². The SMILES string of the molecule is O=C(CN1CCC(n2cnc3cccnc32)CC1)N1CCN(c2ccc(F)cc2)CC1. The fourth-order valence-corrected chi connectivity index (χ4v) is 4.65. The van der Waals surface area contributed by atoms with Crippen LogP contribution in [0.2, 0.25) is 0 Å². The number of carbonyl (C=O) groups excluding carboxylic acids is 1. The van der Waals surface area contributed by atoms with Crippen LogP contribution in [0.25, 0.3) is 11.2 Å².